The summed E-state index contributed by atoms with van der Waals surface area (Å²) in [5, 5.41) is 2.93. The van der Waals surface area contributed by atoms with Gasteiger partial charge in [-0.3, -0.25) is 9.59 Å². The van der Waals surface area contributed by atoms with Gasteiger partial charge in [0, 0.05) is 30.3 Å². The van der Waals surface area contributed by atoms with Crippen molar-refractivity contribution in [3.05, 3.63) is 48.0 Å². The molecule has 1 heterocycles. The van der Waals surface area contributed by atoms with E-state index in [1.165, 1.54) is 0 Å². The van der Waals surface area contributed by atoms with Crippen LogP contribution >= 0.6 is 0 Å². The number of hydrogen-bond acceptors (Lipinski definition) is 5. The standard InChI is InChI=1S/C21H24N2O5/c1-4-28-17-8-5-14(6-9-17)21(25)22-15-11-20(24)23(13-15)16-7-10-18(26-2)19(12-16)27-3/h5-10,12,15H,4,11,13H2,1-3H3,(H,22,25)/t15-/m0/s1. The number of methoxy groups -OCH3 is 2. The molecule has 0 spiro atoms. The number of rotatable bonds is 7. The second-order valence-corrected chi connectivity index (χ2v) is 6.38. The first kappa shape index (κ1) is 19.5. The van der Waals surface area contributed by atoms with Crippen molar-refractivity contribution < 1.29 is 23.8 Å². The molecule has 28 heavy (non-hydrogen) atoms. The van der Waals surface area contributed by atoms with E-state index in [0.717, 1.165) is 5.75 Å². The van der Waals surface area contributed by atoms with E-state index in [-0.39, 0.29) is 24.3 Å². The second kappa shape index (κ2) is 8.65. The Kier molecular flexibility index (Phi) is 6.03. The molecule has 7 nitrogen and oxygen atoms in total. The summed E-state index contributed by atoms with van der Waals surface area (Å²) in [5.74, 6) is 1.60. The molecule has 1 fully saturated rings. The molecule has 0 aliphatic carbocycles. The van der Waals surface area contributed by atoms with Crippen molar-refractivity contribution in [2.75, 3.05) is 32.3 Å². The normalized spacial score (nSPS) is 16.0. The highest BCUT2D eigenvalue weighted by atomic mass is 16.5. The van der Waals surface area contributed by atoms with Crippen molar-refractivity contribution in [3.8, 4) is 17.2 Å². The van der Waals surface area contributed by atoms with Crippen LogP contribution in [0.3, 0.4) is 0 Å². The summed E-state index contributed by atoms with van der Waals surface area (Å²) in [7, 11) is 3.11. The van der Waals surface area contributed by atoms with Crippen LogP contribution in [0.15, 0.2) is 42.5 Å². The maximum atomic E-state index is 12.5. The lowest BCUT2D eigenvalue weighted by Gasteiger charge is -2.19. The first-order chi connectivity index (χ1) is 13.5. The molecule has 0 unspecified atom stereocenters. The number of nitrogens with zero attached hydrogens (tertiary/aromatic N) is 1. The molecule has 3 rings (SSSR count). The average molecular weight is 384 g/mol. The van der Waals surface area contributed by atoms with Crippen LogP contribution in [0.1, 0.15) is 23.7 Å². The number of ether oxygens (including phenoxy) is 3. The summed E-state index contributed by atoms with van der Waals surface area (Å²) >= 11 is 0. The predicted octanol–water partition coefficient (Wildman–Crippen LogP) is 2.64. The topological polar surface area (TPSA) is 77.1 Å². The van der Waals surface area contributed by atoms with E-state index in [0.29, 0.717) is 35.9 Å². The molecular formula is C21H24N2O5. The molecule has 148 valence electrons. The summed E-state index contributed by atoms with van der Waals surface area (Å²) in [4.78, 5) is 26.6. The quantitative estimate of drug-likeness (QED) is 0.794. The van der Waals surface area contributed by atoms with Gasteiger partial charge in [-0.25, -0.2) is 0 Å². The minimum Gasteiger partial charge on any atom is -0.494 e. The molecule has 7 heteroatoms. The van der Waals surface area contributed by atoms with E-state index in [9.17, 15) is 9.59 Å². The highest BCUT2D eigenvalue weighted by Gasteiger charge is 2.32. The Morgan fingerprint density at radius 1 is 1.11 bits per heavy atom. The minimum atomic E-state index is -0.264. The van der Waals surface area contributed by atoms with Crippen molar-refractivity contribution in [1.29, 1.82) is 0 Å². The molecule has 0 aromatic heterocycles. The summed E-state index contributed by atoms with van der Waals surface area (Å²) < 4.78 is 15.9. The van der Waals surface area contributed by atoms with Gasteiger partial charge in [0.05, 0.1) is 26.9 Å². The number of benzene rings is 2. The van der Waals surface area contributed by atoms with Crippen LogP contribution < -0.4 is 24.4 Å². The van der Waals surface area contributed by atoms with Crippen molar-refractivity contribution in [3.63, 3.8) is 0 Å². The van der Waals surface area contributed by atoms with E-state index in [1.807, 2.05) is 6.92 Å². The lowest BCUT2D eigenvalue weighted by atomic mass is 10.2. The number of amides is 2. The van der Waals surface area contributed by atoms with Gasteiger partial charge in [0.2, 0.25) is 5.91 Å². The van der Waals surface area contributed by atoms with Crippen LogP contribution in [0.25, 0.3) is 0 Å². The zero-order valence-corrected chi connectivity index (χ0v) is 16.2. The Morgan fingerprint density at radius 3 is 2.46 bits per heavy atom. The maximum Gasteiger partial charge on any atom is 0.251 e. The summed E-state index contributed by atoms with van der Waals surface area (Å²) in [6.45, 7) is 2.88. The Labute approximate surface area is 164 Å². The molecule has 2 amide bonds. The van der Waals surface area contributed by atoms with Gasteiger partial charge in [-0.15, -0.1) is 0 Å². The number of nitrogens with one attached hydrogen (secondary N) is 1. The van der Waals surface area contributed by atoms with Crippen LogP contribution in [0.2, 0.25) is 0 Å². The first-order valence-corrected chi connectivity index (χ1v) is 9.11. The largest absolute Gasteiger partial charge is 0.494 e. The molecule has 1 atom stereocenters. The van der Waals surface area contributed by atoms with Gasteiger partial charge in [-0.1, -0.05) is 0 Å². The van der Waals surface area contributed by atoms with Crippen molar-refractivity contribution in [1.82, 2.24) is 5.32 Å². The molecule has 2 aromatic rings. The molecule has 1 aliphatic rings. The highest BCUT2D eigenvalue weighted by Crippen LogP contribution is 2.33. The zero-order chi connectivity index (χ0) is 20.1. The third kappa shape index (κ3) is 4.19. The number of carbonyl (C=O) groups is 2. The van der Waals surface area contributed by atoms with Gasteiger partial charge < -0.3 is 24.4 Å². The Balaban J connectivity index is 1.66. The first-order valence-electron chi connectivity index (χ1n) is 9.11. The van der Waals surface area contributed by atoms with E-state index in [2.05, 4.69) is 5.32 Å². The highest BCUT2D eigenvalue weighted by molar-refractivity contribution is 5.99. The van der Waals surface area contributed by atoms with Crippen LogP contribution in [0.5, 0.6) is 17.2 Å². The molecule has 0 saturated carbocycles. The number of carbonyl (C=O) groups excluding carboxylic acids is 2. The van der Waals surface area contributed by atoms with Gasteiger partial charge in [0.15, 0.2) is 11.5 Å². The lowest BCUT2D eigenvalue weighted by Crippen LogP contribution is -2.37. The van der Waals surface area contributed by atoms with Crippen LogP contribution in [-0.4, -0.2) is 45.2 Å². The summed E-state index contributed by atoms with van der Waals surface area (Å²) in [6, 6.07) is 12.0. The molecule has 0 bridgehead atoms. The Hall–Kier alpha value is -3.22. The van der Waals surface area contributed by atoms with E-state index >= 15 is 0 Å². The fraction of sp³-hybridized carbons (Fsp3) is 0.333. The van der Waals surface area contributed by atoms with Gasteiger partial charge in [-0.05, 0) is 43.3 Å². The van der Waals surface area contributed by atoms with Crippen molar-refractivity contribution >= 4 is 17.5 Å². The number of hydrogen-bond donors (Lipinski definition) is 1. The fourth-order valence-corrected chi connectivity index (χ4v) is 3.18. The smallest absolute Gasteiger partial charge is 0.251 e. The lowest BCUT2D eigenvalue weighted by molar-refractivity contribution is -0.117. The zero-order valence-electron chi connectivity index (χ0n) is 16.2. The second-order valence-electron chi connectivity index (χ2n) is 6.38. The van der Waals surface area contributed by atoms with Crippen molar-refractivity contribution in [2.45, 2.75) is 19.4 Å². The molecule has 1 aliphatic heterocycles. The van der Waals surface area contributed by atoms with Crippen molar-refractivity contribution in [2.24, 2.45) is 0 Å². The SMILES string of the molecule is CCOc1ccc(C(=O)N[C@H]2CC(=O)N(c3ccc(OC)c(OC)c3)C2)cc1. The third-order valence-corrected chi connectivity index (χ3v) is 4.57. The van der Waals surface area contributed by atoms with E-state index < -0.39 is 0 Å². The van der Waals surface area contributed by atoms with Crippen LogP contribution in [0.4, 0.5) is 5.69 Å². The van der Waals surface area contributed by atoms with Crippen LogP contribution in [0, 0.1) is 0 Å². The van der Waals surface area contributed by atoms with Gasteiger partial charge in [0.1, 0.15) is 5.75 Å². The van der Waals surface area contributed by atoms with E-state index in [1.54, 1.807) is 61.6 Å². The Morgan fingerprint density at radius 2 is 1.82 bits per heavy atom. The Bertz CT molecular complexity index is 850. The average Bonchev–Trinajstić information content (AvgIpc) is 3.08. The monoisotopic (exact) mass is 384 g/mol. The maximum absolute atomic E-state index is 12.5. The molecule has 1 saturated heterocycles. The number of anilines is 1. The van der Waals surface area contributed by atoms with Gasteiger partial charge >= 0.3 is 0 Å². The van der Waals surface area contributed by atoms with Gasteiger partial charge in [0.25, 0.3) is 5.91 Å². The molecule has 1 N–H and O–H groups in total. The minimum absolute atomic E-state index is 0.0517. The fourth-order valence-electron chi connectivity index (χ4n) is 3.18. The molecule has 2 aromatic carbocycles. The summed E-state index contributed by atoms with van der Waals surface area (Å²) in [5.41, 5.74) is 1.24. The van der Waals surface area contributed by atoms with Crippen LogP contribution in [-0.2, 0) is 4.79 Å². The third-order valence-electron chi connectivity index (χ3n) is 4.57. The van der Waals surface area contributed by atoms with E-state index in [4.69, 9.17) is 14.2 Å². The molecular weight excluding hydrogens is 360 g/mol. The summed E-state index contributed by atoms with van der Waals surface area (Å²) in [6.07, 6.45) is 0.247. The predicted molar refractivity (Wildman–Crippen MR) is 105 cm³/mol. The molecule has 0 radical (unpaired) electrons. The van der Waals surface area contributed by atoms with Gasteiger partial charge in [-0.2, -0.15) is 0 Å².